The Kier molecular flexibility index (Phi) is 1.66. The SMILES string of the molecule is N#CC1(C(=O)O)CC2C=CC1CC2. The smallest absolute Gasteiger partial charge is 0.324 e. The molecule has 1 saturated carbocycles. The summed E-state index contributed by atoms with van der Waals surface area (Å²) in [5.41, 5.74) is -1.13. The van der Waals surface area contributed by atoms with E-state index in [1.807, 2.05) is 12.1 Å². The Morgan fingerprint density at radius 1 is 1.54 bits per heavy atom. The number of nitriles is 1. The lowest BCUT2D eigenvalue weighted by Gasteiger charge is -2.41. The van der Waals surface area contributed by atoms with Crippen LogP contribution in [0.3, 0.4) is 0 Å². The highest BCUT2D eigenvalue weighted by molar-refractivity contribution is 5.79. The molecule has 1 fully saturated rings. The predicted octanol–water partition coefficient (Wildman–Crippen LogP) is 1.57. The van der Waals surface area contributed by atoms with Crippen molar-refractivity contribution in [3.8, 4) is 6.07 Å². The molecule has 0 heterocycles. The second-order valence-electron chi connectivity index (χ2n) is 3.92. The summed E-state index contributed by atoms with van der Waals surface area (Å²) in [6.07, 6.45) is 6.36. The van der Waals surface area contributed by atoms with Crippen molar-refractivity contribution in [3.63, 3.8) is 0 Å². The molecule has 0 aromatic carbocycles. The Hall–Kier alpha value is -1.30. The normalized spacial score (nSPS) is 41.5. The van der Waals surface area contributed by atoms with E-state index in [0.29, 0.717) is 12.3 Å². The van der Waals surface area contributed by atoms with Gasteiger partial charge in [0, 0.05) is 5.92 Å². The molecule has 0 radical (unpaired) electrons. The quantitative estimate of drug-likeness (QED) is 0.618. The van der Waals surface area contributed by atoms with Gasteiger partial charge in [-0.05, 0) is 25.2 Å². The Bertz CT molecular complexity index is 315. The summed E-state index contributed by atoms with van der Waals surface area (Å²) in [5.74, 6) is -0.713. The van der Waals surface area contributed by atoms with Gasteiger partial charge in [-0.3, -0.25) is 4.79 Å². The number of hydrogen-bond donors (Lipinski definition) is 1. The molecule has 2 bridgehead atoms. The van der Waals surface area contributed by atoms with Crippen LogP contribution in [0.5, 0.6) is 0 Å². The summed E-state index contributed by atoms with van der Waals surface area (Å²) in [7, 11) is 0. The van der Waals surface area contributed by atoms with Gasteiger partial charge in [0.2, 0.25) is 0 Å². The number of carboxylic acid groups (broad SMARTS) is 1. The summed E-state index contributed by atoms with van der Waals surface area (Å²) in [6, 6.07) is 2.00. The summed E-state index contributed by atoms with van der Waals surface area (Å²) >= 11 is 0. The molecule has 0 aliphatic heterocycles. The lowest BCUT2D eigenvalue weighted by atomic mass is 9.60. The first kappa shape index (κ1) is 8.31. The lowest BCUT2D eigenvalue weighted by molar-refractivity contribution is -0.150. The van der Waals surface area contributed by atoms with Gasteiger partial charge in [-0.15, -0.1) is 0 Å². The Morgan fingerprint density at radius 2 is 2.31 bits per heavy atom. The fourth-order valence-corrected chi connectivity index (χ4v) is 2.45. The van der Waals surface area contributed by atoms with E-state index >= 15 is 0 Å². The summed E-state index contributed by atoms with van der Waals surface area (Å²) in [6.45, 7) is 0. The van der Waals surface area contributed by atoms with Gasteiger partial charge in [0.15, 0.2) is 5.41 Å². The van der Waals surface area contributed by atoms with Gasteiger partial charge in [-0.1, -0.05) is 12.2 Å². The topological polar surface area (TPSA) is 61.1 Å². The number of aliphatic carboxylic acids is 1. The third-order valence-electron chi connectivity index (χ3n) is 3.26. The molecule has 13 heavy (non-hydrogen) atoms. The molecule has 3 atom stereocenters. The fraction of sp³-hybridized carbons (Fsp3) is 0.600. The summed E-state index contributed by atoms with van der Waals surface area (Å²) in [5, 5.41) is 18.0. The van der Waals surface area contributed by atoms with Crippen molar-refractivity contribution in [3.05, 3.63) is 12.2 Å². The van der Waals surface area contributed by atoms with E-state index in [4.69, 9.17) is 10.4 Å². The standard InChI is InChI=1S/C10H11NO2/c11-6-10(9(12)13)5-7-1-3-8(10)4-2-7/h1,3,7-8H,2,4-5H2,(H,12,13). The number of carboxylic acids is 1. The lowest BCUT2D eigenvalue weighted by Crippen LogP contribution is -2.43. The van der Waals surface area contributed by atoms with E-state index in [1.165, 1.54) is 0 Å². The van der Waals surface area contributed by atoms with Crippen LogP contribution in [0.25, 0.3) is 0 Å². The molecule has 3 aliphatic carbocycles. The highest BCUT2D eigenvalue weighted by Gasteiger charge is 2.51. The Labute approximate surface area is 76.7 Å². The van der Waals surface area contributed by atoms with Gasteiger partial charge >= 0.3 is 5.97 Å². The van der Waals surface area contributed by atoms with Crippen molar-refractivity contribution in [2.45, 2.75) is 19.3 Å². The first-order valence-corrected chi connectivity index (χ1v) is 4.52. The van der Waals surface area contributed by atoms with Gasteiger partial charge in [0.25, 0.3) is 0 Å². The van der Waals surface area contributed by atoms with Crippen LogP contribution in [0, 0.1) is 28.6 Å². The highest BCUT2D eigenvalue weighted by atomic mass is 16.4. The van der Waals surface area contributed by atoms with Crippen LogP contribution in [-0.4, -0.2) is 11.1 Å². The van der Waals surface area contributed by atoms with Crippen molar-refractivity contribution in [1.82, 2.24) is 0 Å². The second-order valence-corrected chi connectivity index (χ2v) is 3.92. The molecule has 3 aliphatic rings. The van der Waals surface area contributed by atoms with Crippen molar-refractivity contribution >= 4 is 5.97 Å². The van der Waals surface area contributed by atoms with E-state index in [-0.39, 0.29) is 5.92 Å². The van der Waals surface area contributed by atoms with Crippen LogP contribution in [0.4, 0.5) is 0 Å². The molecule has 0 aromatic rings. The molecule has 0 amide bonds. The minimum atomic E-state index is -1.13. The van der Waals surface area contributed by atoms with Crippen LogP contribution in [0.1, 0.15) is 19.3 Å². The van der Waals surface area contributed by atoms with E-state index in [2.05, 4.69) is 6.08 Å². The third kappa shape index (κ3) is 0.983. The average molecular weight is 177 g/mol. The number of allylic oxidation sites excluding steroid dienone is 2. The predicted molar refractivity (Wildman–Crippen MR) is 45.7 cm³/mol. The molecule has 0 spiro atoms. The van der Waals surface area contributed by atoms with Crippen LogP contribution >= 0.6 is 0 Å². The van der Waals surface area contributed by atoms with E-state index in [9.17, 15) is 4.79 Å². The summed E-state index contributed by atoms with van der Waals surface area (Å²) in [4.78, 5) is 11.0. The minimum Gasteiger partial charge on any atom is -0.480 e. The molecule has 68 valence electrons. The first-order chi connectivity index (χ1) is 6.19. The number of fused-ring (bicyclic) bond motifs is 2. The zero-order valence-electron chi connectivity index (χ0n) is 7.23. The van der Waals surface area contributed by atoms with Gasteiger partial charge in [0.05, 0.1) is 6.07 Å². The number of hydrogen-bond acceptors (Lipinski definition) is 2. The summed E-state index contributed by atoms with van der Waals surface area (Å²) < 4.78 is 0. The maximum Gasteiger partial charge on any atom is 0.324 e. The minimum absolute atomic E-state index is 0.0694. The van der Waals surface area contributed by atoms with Crippen molar-refractivity contribution < 1.29 is 9.90 Å². The zero-order chi connectivity index (χ0) is 9.47. The Morgan fingerprint density at radius 3 is 2.54 bits per heavy atom. The third-order valence-corrected chi connectivity index (χ3v) is 3.26. The number of carbonyl (C=O) groups is 1. The van der Waals surface area contributed by atoms with Gasteiger partial charge in [-0.25, -0.2) is 0 Å². The molecule has 3 nitrogen and oxygen atoms in total. The molecule has 3 unspecified atom stereocenters. The van der Waals surface area contributed by atoms with Gasteiger partial charge in [0.1, 0.15) is 0 Å². The molecule has 3 rings (SSSR count). The van der Waals surface area contributed by atoms with Crippen LogP contribution in [-0.2, 0) is 4.79 Å². The average Bonchev–Trinajstić information content (AvgIpc) is 2.19. The highest BCUT2D eigenvalue weighted by Crippen LogP contribution is 2.48. The maximum atomic E-state index is 11.0. The van der Waals surface area contributed by atoms with Crippen LogP contribution < -0.4 is 0 Å². The van der Waals surface area contributed by atoms with Gasteiger partial charge < -0.3 is 5.11 Å². The first-order valence-electron chi connectivity index (χ1n) is 4.52. The molecule has 1 N–H and O–H groups in total. The number of rotatable bonds is 1. The maximum absolute atomic E-state index is 11.0. The van der Waals surface area contributed by atoms with Gasteiger partial charge in [-0.2, -0.15) is 5.26 Å². The second kappa shape index (κ2) is 2.59. The molecule has 0 aromatic heterocycles. The largest absolute Gasteiger partial charge is 0.480 e. The van der Waals surface area contributed by atoms with Crippen molar-refractivity contribution in [2.75, 3.05) is 0 Å². The van der Waals surface area contributed by atoms with Crippen LogP contribution in [0.15, 0.2) is 12.2 Å². The molecular weight excluding hydrogens is 166 g/mol. The molecule has 3 heteroatoms. The van der Waals surface area contributed by atoms with Crippen molar-refractivity contribution in [1.29, 1.82) is 5.26 Å². The van der Waals surface area contributed by atoms with E-state index < -0.39 is 11.4 Å². The Balaban J connectivity index is 2.40. The van der Waals surface area contributed by atoms with E-state index in [0.717, 1.165) is 12.8 Å². The zero-order valence-corrected chi connectivity index (χ0v) is 7.23. The monoisotopic (exact) mass is 177 g/mol. The molecular formula is C10H11NO2. The van der Waals surface area contributed by atoms with Crippen molar-refractivity contribution in [2.24, 2.45) is 17.3 Å². The molecule has 0 saturated heterocycles. The fourth-order valence-electron chi connectivity index (χ4n) is 2.45. The van der Waals surface area contributed by atoms with E-state index in [1.54, 1.807) is 0 Å². The number of nitrogens with zero attached hydrogens (tertiary/aromatic N) is 1. The van der Waals surface area contributed by atoms with Crippen LogP contribution in [0.2, 0.25) is 0 Å².